The first kappa shape index (κ1) is 12.8. The van der Waals surface area contributed by atoms with Crippen LogP contribution in [0.2, 0.25) is 0 Å². The standard InChI is InChI=1S/C14H11BrFNOS/c1-17-12(14-9(15)5-6-19-14)11-7-8-3-2-4-10(16)13(8)18-11/h2-7,12,17H,1H3. The third-order valence-corrected chi connectivity index (χ3v) is 4.93. The maximum atomic E-state index is 13.7. The molecule has 3 rings (SSSR count). The number of rotatable bonds is 3. The Bertz CT molecular complexity index is 721. The Kier molecular flexibility index (Phi) is 3.43. The van der Waals surface area contributed by atoms with Crippen LogP contribution in [0.5, 0.6) is 0 Å². The molecule has 1 unspecified atom stereocenters. The second kappa shape index (κ2) is 5.07. The van der Waals surface area contributed by atoms with Crippen LogP contribution in [0.1, 0.15) is 16.7 Å². The van der Waals surface area contributed by atoms with Gasteiger partial charge in [-0.3, -0.25) is 0 Å². The van der Waals surface area contributed by atoms with Crippen molar-refractivity contribution < 1.29 is 8.81 Å². The lowest BCUT2D eigenvalue weighted by atomic mass is 10.1. The molecule has 19 heavy (non-hydrogen) atoms. The van der Waals surface area contributed by atoms with E-state index in [1.54, 1.807) is 17.4 Å². The number of benzene rings is 1. The number of thiophene rings is 1. The van der Waals surface area contributed by atoms with Crippen molar-refractivity contribution in [1.29, 1.82) is 0 Å². The maximum Gasteiger partial charge on any atom is 0.169 e. The number of hydrogen-bond acceptors (Lipinski definition) is 3. The van der Waals surface area contributed by atoms with Crippen molar-refractivity contribution in [2.75, 3.05) is 7.05 Å². The number of furan rings is 1. The summed E-state index contributed by atoms with van der Waals surface area (Å²) in [7, 11) is 1.86. The van der Waals surface area contributed by atoms with Gasteiger partial charge in [0.25, 0.3) is 0 Å². The summed E-state index contributed by atoms with van der Waals surface area (Å²) in [6.07, 6.45) is 0. The highest BCUT2D eigenvalue weighted by molar-refractivity contribution is 9.10. The Balaban J connectivity index is 2.12. The summed E-state index contributed by atoms with van der Waals surface area (Å²) in [6, 6.07) is 8.74. The van der Waals surface area contributed by atoms with Gasteiger partial charge in [-0.2, -0.15) is 0 Å². The Morgan fingerprint density at radius 2 is 2.21 bits per heavy atom. The van der Waals surface area contributed by atoms with E-state index in [9.17, 15) is 4.39 Å². The van der Waals surface area contributed by atoms with Crippen LogP contribution in [0.4, 0.5) is 4.39 Å². The molecule has 0 spiro atoms. The number of hydrogen-bond donors (Lipinski definition) is 1. The molecule has 98 valence electrons. The first-order valence-electron chi connectivity index (χ1n) is 5.79. The van der Waals surface area contributed by atoms with E-state index in [1.807, 2.05) is 30.6 Å². The molecule has 5 heteroatoms. The van der Waals surface area contributed by atoms with Crippen molar-refractivity contribution in [3.8, 4) is 0 Å². The van der Waals surface area contributed by atoms with Crippen LogP contribution in [-0.2, 0) is 0 Å². The topological polar surface area (TPSA) is 25.2 Å². The minimum Gasteiger partial charge on any atom is -0.456 e. The van der Waals surface area contributed by atoms with Crippen LogP contribution in [0, 0.1) is 5.82 Å². The van der Waals surface area contributed by atoms with Gasteiger partial charge in [0.2, 0.25) is 0 Å². The third kappa shape index (κ3) is 2.22. The molecule has 2 nitrogen and oxygen atoms in total. The lowest BCUT2D eigenvalue weighted by Gasteiger charge is -2.12. The van der Waals surface area contributed by atoms with Crippen LogP contribution in [0.25, 0.3) is 11.0 Å². The summed E-state index contributed by atoms with van der Waals surface area (Å²) in [4.78, 5) is 1.11. The van der Waals surface area contributed by atoms with Gasteiger partial charge in [0.15, 0.2) is 11.4 Å². The second-order valence-corrected chi connectivity index (χ2v) is 5.96. The van der Waals surface area contributed by atoms with Gasteiger partial charge in [-0.25, -0.2) is 4.39 Å². The highest BCUT2D eigenvalue weighted by Crippen LogP contribution is 2.35. The normalized spacial score (nSPS) is 13.0. The molecule has 0 fully saturated rings. The zero-order chi connectivity index (χ0) is 13.4. The number of halogens is 2. The molecule has 1 N–H and O–H groups in total. The predicted molar refractivity (Wildman–Crippen MR) is 79.1 cm³/mol. The van der Waals surface area contributed by atoms with Crippen LogP contribution >= 0.6 is 27.3 Å². The molecule has 1 aromatic carbocycles. The Labute approximate surface area is 122 Å². The van der Waals surface area contributed by atoms with Crippen LogP contribution < -0.4 is 5.32 Å². The van der Waals surface area contributed by atoms with E-state index in [1.165, 1.54) is 6.07 Å². The molecule has 3 aromatic rings. The number of fused-ring (bicyclic) bond motifs is 1. The van der Waals surface area contributed by atoms with Crippen molar-refractivity contribution >= 4 is 38.2 Å². The van der Waals surface area contributed by atoms with Gasteiger partial charge < -0.3 is 9.73 Å². The summed E-state index contributed by atoms with van der Waals surface area (Å²) in [6.45, 7) is 0. The molecule has 1 atom stereocenters. The smallest absolute Gasteiger partial charge is 0.169 e. The first-order valence-corrected chi connectivity index (χ1v) is 7.46. The van der Waals surface area contributed by atoms with Gasteiger partial charge in [-0.05, 0) is 46.6 Å². The van der Waals surface area contributed by atoms with Gasteiger partial charge in [0.05, 0.1) is 0 Å². The van der Waals surface area contributed by atoms with Gasteiger partial charge in [-0.1, -0.05) is 12.1 Å². The lowest BCUT2D eigenvalue weighted by Crippen LogP contribution is -2.16. The van der Waals surface area contributed by atoms with E-state index in [0.29, 0.717) is 11.3 Å². The fourth-order valence-electron chi connectivity index (χ4n) is 2.10. The molecular weight excluding hydrogens is 329 g/mol. The summed E-state index contributed by atoms with van der Waals surface area (Å²) in [5, 5.41) is 5.99. The molecule has 0 radical (unpaired) electrons. The Morgan fingerprint density at radius 1 is 1.37 bits per heavy atom. The van der Waals surface area contributed by atoms with Crippen LogP contribution in [0.15, 0.2) is 44.6 Å². The zero-order valence-electron chi connectivity index (χ0n) is 10.1. The quantitative estimate of drug-likeness (QED) is 0.747. The van der Waals surface area contributed by atoms with Crippen molar-refractivity contribution in [3.05, 3.63) is 56.6 Å². The molecule has 0 aliphatic rings. The molecule has 2 aromatic heterocycles. The summed E-state index contributed by atoms with van der Waals surface area (Å²) >= 11 is 5.15. The van der Waals surface area contributed by atoms with Gasteiger partial charge in [-0.15, -0.1) is 11.3 Å². The van der Waals surface area contributed by atoms with E-state index < -0.39 is 0 Å². The van der Waals surface area contributed by atoms with Crippen LogP contribution in [-0.4, -0.2) is 7.05 Å². The minimum absolute atomic E-state index is 0.0822. The van der Waals surface area contributed by atoms with Gasteiger partial charge in [0, 0.05) is 14.7 Å². The molecule has 0 aliphatic carbocycles. The van der Waals surface area contributed by atoms with E-state index >= 15 is 0 Å². The summed E-state index contributed by atoms with van der Waals surface area (Å²) in [5.41, 5.74) is 0.311. The van der Waals surface area contributed by atoms with Crippen LogP contribution in [0.3, 0.4) is 0 Å². The van der Waals surface area contributed by atoms with Gasteiger partial charge >= 0.3 is 0 Å². The van der Waals surface area contributed by atoms with E-state index in [4.69, 9.17) is 4.42 Å². The van der Waals surface area contributed by atoms with Crippen molar-refractivity contribution in [1.82, 2.24) is 5.32 Å². The Morgan fingerprint density at radius 3 is 2.84 bits per heavy atom. The van der Waals surface area contributed by atoms with Crippen molar-refractivity contribution in [2.24, 2.45) is 0 Å². The third-order valence-electron chi connectivity index (χ3n) is 3.00. The second-order valence-electron chi connectivity index (χ2n) is 4.16. The molecule has 2 heterocycles. The van der Waals surface area contributed by atoms with Gasteiger partial charge in [0.1, 0.15) is 11.8 Å². The molecule has 0 amide bonds. The van der Waals surface area contributed by atoms with E-state index in [2.05, 4.69) is 21.2 Å². The lowest BCUT2D eigenvalue weighted by molar-refractivity contribution is 0.479. The zero-order valence-corrected chi connectivity index (χ0v) is 12.5. The average Bonchev–Trinajstić information content (AvgIpc) is 2.99. The molecule has 0 saturated heterocycles. The highest BCUT2D eigenvalue weighted by Gasteiger charge is 2.21. The summed E-state index contributed by atoms with van der Waals surface area (Å²) in [5.74, 6) is 0.384. The van der Waals surface area contributed by atoms with Crippen molar-refractivity contribution in [2.45, 2.75) is 6.04 Å². The largest absolute Gasteiger partial charge is 0.456 e. The average molecular weight is 340 g/mol. The van der Waals surface area contributed by atoms with E-state index in [-0.39, 0.29) is 11.9 Å². The highest BCUT2D eigenvalue weighted by atomic mass is 79.9. The number of nitrogens with one attached hydrogen (secondary N) is 1. The minimum atomic E-state index is -0.330. The fourth-order valence-corrected chi connectivity index (χ4v) is 3.82. The number of para-hydroxylation sites is 1. The van der Waals surface area contributed by atoms with E-state index in [0.717, 1.165) is 14.7 Å². The predicted octanol–water partition coefficient (Wildman–Crippen LogP) is 4.70. The first-order chi connectivity index (χ1) is 9.20. The Hall–Kier alpha value is -1.17. The SMILES string of the molecule is CNC(c1cc2cccc(F)c2o1)c1sccc1Br. The van der Waals surface area contributed by atoms with Crippen molar-refractivity contribution in [3.63, 3.8) is 0 Å². The molecule has 0 bridgehead atoms. The molecule has 0 saturated carbocycles. The monoisotopic (exact) mass is 339 g/mol. The molecule has 0 aliphatic heterocycles. The fraction of sp³-hybridized carbons (Fsp3) is 0.143. The summed E-state index contributed by atoms with van der Waals surface area (Å²) < 4.78 is 20.4. The molecular formula is C14H11BrFNOS. The maximum absolute atomic E-state index is 13.7.